The van der Waals surface area contributed by atoms with E-state index in [9.17, 15) is 4.79 Å². The van der Waals surface area contributed by atoms with E-state index in [1.165, 1.54) is 0 Å². The summed E-state index contributed by atoms with van der Waals surface area (Å²) in [6.07, 6.45) is 1.63. The van der Waals surface area contributed by atoms with Gasteiger partial charge in [-0.25, -0.2) is 9.97 Å². The molecule has 112 valence electrons. The van der Waals surface area contributed by atoms with Crippen LogP contribution in [0.5, 0.6) is 0 Å². The minimum Gasteiger partial charge on any atom is -0.355 e. The number of fused-ring (bicyclic) bond motifs is 1. The second kappa shape index (κ2) is 6.36. The number of amides is 1. The highest BCUT2D eigenvalue weighted by Gasteiger charge is 2.21. The number of nitrogens with zero attached hydrogens (tertiary/aromatic N) is 4. The maximum atomic E-state index is 11.6. The molecule has 7 heteroatoms. The van der Waals surface area contributed by atoms with Crippen molar-refractivity contribution in [1.29, 1.82) is 0 Å². The molecule has 0 saturated carbocycles. The Hall–Kier alpha value is -1.73. The predicted octanol–water partition coefficient (Wildman–Crippen LogP) is 0.949. The van der Waals surface area contributed by atoms with Crippen molar-refractivity contribution in [2.75, 3.05) is 44.2 Å². The first-order chi connectivity index (χ1) is 10.3. The molecule has 2 aromatic rings. The quantitative estimate of drug-likeness (QED) is 0.911. The largest absolute Gasteiger partial charge is 0.355 e. The topological polar surface area (TPSA) is 61.4 Å². The van der Waals surface area contributed by atoms with E-state index in [1.807, 2.05) is 18.4 Å². The first-order valence-electron chi connectivity index (χ1n) is 7.20. The summed E-state index contributed by atoms with van der Waals surface area (Å²) in [7, 11) is 0. The molecule has 0 spiro atoms. The first-order valence-corrected chi connectivity index (χ1v) is 8.08. The van der Waals surface area contributed by atoms with E-state index < -0.39 is 0 Å². The van der Waals surface area contributed by atoms with Gasteiger partial charge in [-0.05, 0) is 18.4 Å². The molecule has 1 saturated heterocycles. The highest BCUT2D eigenvalue weighted by Crippen LogP contribution is 2.28. The van der Waals surface area contributed by atoms with Gasteiger partial charge in [-0.15, -0.1) is 11.3 Å². The van der Waals surface area contributed by atoms with Gasteiger partial charge in [-0.3, -0.25) is 9.69 Å². The Labute approximate surface area is 127 Å². The molecule has 1 fully saturated rings. The zero-order valence-electron chi connectivity index (χ0n) is 12.1. The molecule has 1 aliphatic rings. The average molecular weight is 305 g/mol. The maximum absolute atomic E-state index is 11.6. The third-order valence-corrected chi connectivity index (χ3v) is 4.54. The SMILES string of the molecule is CCNC(=O)CN1CCN(c2ncnc3ccsc23)CC1. The number of carbonyl (C=O) groups excluding carboxylic acids is 1. The molecular weight excluding hydrogens is 286 g/mol. The van der Waals surface area contributed by atoms with Crippen LogP contribution in [0.3, 0.4) is 0 Å². The molecule has 2 aromatic heterocycles. The second-order valence-electron chi connectivity index (χ2n) is 5.05. The van der Waals surface area contributed by atoms with Crippen LogP contribution in [0.1, 0.15) is 6.92 Å². The summed E-state index contributed by atoms with van der Waals surface area (Å²) in [6.45, 7) is 6.67. The molecule has 0 atom stereocenters. The molecule has 1 aliphatic heterocycles. The highest BCUT2D eigenvalue weighted by molar-refractivity contribution is 7.17. The van der Waals surface area contributed by atoms with E-state index in [0.717, 1.165) is 42.2 Å². The summed E-state index contributed by atoms with van der Waals surface area (Å²) in [5.74, 6) is 1.13. The molecule has 3 heterocycles. The van der Waals surface area contributed by atoms with Gasteiger partial charge in [0.05, 0.1) is 16.8 Å². The number of aromatic nitrogens is 2. The van der Waals surface area contributed by atoms with Crippen molar-refractivity contribution in [2.45, 2.75) is 6.92 Å². The number of thiophene rings is 1. The van der Waals surface area contributed by atoms with Crippen LogP contribution >= 0.6 is 11.3 Å². The van der Waals surface area contributed by atoms with Gasteiger partial charge in [-0.2, -0.15) is 0 Å². The van der Waals surface area contributed by atoms with Gasteiger partial charge < -0.3 is 10.2 Å². The van der Waals surface area contributed by atoms with Crippen molar-refractivity contribution < 1.29 is 4.79 Å². The van der Waals surface area contributed by atoms with Crippen LogP contribution in [-0.2, 0) is 4.79 Å². The number of anilines is 1. The van der Waals surface area contributed by atoms with Crippen LogP contribution in [-0.4, -0.2) is 60.0 Å². The number of carbonyl (C=O) groups is 1. The summed E-state index contributed by atoms with van der Waals surface area (Å²) in [5.41, 5.74) is 1.01. The molecule has 1 amide bonds. The Morgan fingerprint density at radius 1 is 1.33 bits per heavy atom. The Morgan fingerprint density at radius 3 is 2.90 bits per heavy atom. The Morgan fingerprint density at radius 2 is 2.14 bits per heavy atom. The van der Waals surface area contributed by atoms with Crippen molar-refractivity contribution in [3.05, 3.63) is 17.8 Å². The second-order valence-corrected chi connectivity index (χ2v) is 5.97. The number of likely N-dealkylation sites (N-methyl/N-ethyl adjacent to an activating group) is 1. The van der Waals surface area contributed by atoms with E-state index >= 15 is 0 Å². The number of rotatable bonds is 4. The molecular formula is C14H19N5OS. The smallest absolute Gasteiger partial charge is 0.234 e. The van der Waals surface area contributed by atoms with Gasteiger partial charge in [0.25, 0.3) is 0 Å². The van der Waals surface area contributed by atoms with Gasteiger partial charge in [-0.1, -0.05) is 0 Å². The molecule has 0 bridgehead atoms. The van der Waals surface area contributed by atoms with Gasteiger partial charge in [0, 0.05) is 32.7 Å². The predicted molar refractivity (Wildman–Crippen MR) is 84.8 cm³/mol. The van der Waals surface area contributed by atoms with E-state index in [2.05, 4.69) is 25.1 Å². The number of nitrogens with one attached hydrogen (secondary N) is 1. The van der Waals surface area contributed by atoms with Crippen molar-refractivity contribution in [2.24, 2.45) is 0 Å². The Kier molecular flexibility index (Phi) is 4.31. The lowest BCUT2D eigenvalue weighted by Gasteiger charge is -2.35. The Bertz CT molecular complexity index is 621. The molecule has 1 N–H and O–H groups in total. The standard InChI is InChI=1S/C14H19N5OS/c1-2-15-12(20)9-18-4-6-19(7-5-18)14-13-11(3-8-21-13)16-10-17-14/h3,8,10H,2,4-7,9H2,1H3,(H,15,20). The number of hydrogen-bond donors (Lipinski definition) is 1. The number of piperazine rings is 1. The van der Waals surface area contributed by atoms with Gasteiger partial charge in [0.1, 0.15) is 12.1 Å². The fourth-order valence-electron chi connectivity index (χ4n) is 2.58. The van der Waals surface area contributed by atoms with E-state index in [-0.39, 0.29) is 5.91 Å². The van der Waals surface area contributed by atoms with Crippen LogP contribution in [0, 0.1) is 0 Å². The van der Waals surface area contributed by atoms with Gasteiger partial charge in [0.15, 0.2) is 0 Å². The highest BCUT2D eigenvalue weighted by atomic mass is 32.1. The van der Waals surface area contributed by atoms with E-state index in [0.29, 0.717) is 13.1 Å². The van der Waals surface area contributed by atoms with Crippen LogP contribution in [0.15, 0.2) is 17.8 Å². The zero-order valence-corrected chi connectivity index (χ0v) is 12.9. The minimum absolute atomic E-state index is 0.105. The fourth-order valence-corrected chi connectivity index (χ4v) is 3.44. The molecule has 0 unspecified atom stereocenters. The lowest BCUT2D eigenvalue weighted by atomic mass is 10.3. The molecule has 3 rings (SSSR count). The van der Waals surface area contributed by atoms with Crippen LogP contribution in [0.25, 0.3) is 10.2 Å². The van der Waals surface area contributed by atoms with Crippen molar-refractivity contribution in [3.63, 3.8) is 0 Å². The monoisotopic (exact) mass is 305 g/mol. The minimum atomic E-state index is 0.105. The lowest BCUT2D eigenvalue weighted by molar-refractivity contribution is -0.122. The van der Waals surface area contributed by atoms with E-state index in [4.69, 9.17) is 0 Å². The fraction of sp³-hybridized carbons (Fsp3) is 0.500. The van der Waals surface area contributed by atoms with Crippen molar-refractivity contribution in [1.82, 2.24) is 20.2 Å². The summed E-state index contributed by atoms with van der Waals surface area (Å²) in [4.78, 5) is 24.8. The summed E-state index contributed by atoms with van der Waals surface area (Å²) in [6, 6.07) is 2.02. The zero-order chi connectivity index (χ0) is 14.7. The molecule has 21 heavy (non-hydrogen) atoms. The molecule has 0 radical (unpaired) electrons. The molecule has 6 nitrogen and oxygen atoms in total. The van der Waals surface area contributed by atoms with Crippen molar-refractivity contribution in [3.8, 4) is 0 Å². The first kappa shape index (κ1) is 14.2. The summed E-state index contributed by atoms with van der Waals surface area (Å²) >= 11 is 1.68. The van der Waals surface area contributed by atoms with Crippen LogP contribution < -0.4 is 10.2 Å². The van der Waals surface area contributed by atoms with Crippen LogP contribution in [0.4, 0.5) is 5.82 Å². The van der Waals surface area contributed by atoms with Crippen molar-refractivity contribution >= 4 is 33.3 Å². The van der Waals surface area contributed by atoms with Gasteiger partial charge >= 0.3 is 0 Å². The van der Waals surface area contributed by atoms with E-state index in [1.54, 1.807) is 17.7 Å². The lowest BCUT2D eigenvalue weighted by Crippen LogP contribution is -2.49. The molecule has 0 aromatic carbocycles. The number of hydrogen-bond acceptors (Lipinski definition) is 6. The normalized spacial score (nSPS) is 16.3. The van der Waals surface area contributed by atoms with Crippen LogP contribution in [0.2, 0.25) is 0 Å². The maximum Gasteiger partial charge on any atom is 0.234 e. The third-order valence-electron chi connectivity index (χ3n) is 3.64. The van der Waals surface area contributed by atoms with Gasteiger partial charge in [0.2, 0.25) is 5.91 Å². The Balaban J connectivity index is 1.63. The third kappa shape index (κ3) is 3.14. The summed E-state index contributed by atoms with van der Waals surface area (Å²) in [5, 5.41) is 4.89. The molecule has 0 aliphatic carbocycles. The summed E-state index contributed by atoms with van der Waals surface area (Å²) < 4.78 is 1.15. The average Bonchev–Trinajstić information content (AvgIpc) is 2.97.